The molecule has 0 amide bonds. The van der Waals surface area contributed by atoms with Crippen molar-refractivity contribution in [2.75, 3.05) is 26.4 Å². The van der Waals surface area contributed by atoms with Crippen LogP contribution in [-0.2, 0) is 58.4 Å². The van der Waals surface area contributed by atoms with E-state index < -0.39 is 32.5 Å². The molecule has 0 bridgehead atoms. The van der Waals surface area contributed by atoms with Crippen molar-refractivity contribution in [1.29, 1.82) is 0 Å². The Morgan fingerprint density at radius 2 is 0.902 bits per heavy atom. The molecule has 2 aromatic rings. The van der Waals surface area contributed by atoms with Gasteiger partial charge in [-0.1, -0.05) is 117 Å². The number of esters is 2. The fraction of sp³-hybridized carbons (Fsp3) is 0.796. The number of carbonyl (C=O) groups is 2. The van der Waals surface area contributed by atoms with Crippen molar-refractivity contribution in [3.05, 3.63) is 45.3 Å². The second-order valence-electron chi connectivity index (χ2n) is 17.1. The number of hydrogen-bond acceptors (Lipinski definition) is 10. The Morgan fingerprint density at radius 1 is 0.541 bits per heavy atom. The fourth-order valence-corrected chi connectivity index (χ4v) is 8.46. The smallest absolute Gasteiger partial charge is 0.466 e. The SMILES string of the molecule is CCCCCc1oc(CCCCCCCCCCCCC(=O)O[C@H](COC(=O)CCCCCCCCc2oc(CCCCC)c(C)c2C)COP(=O)(O)OCCN)c(C)c1C. The first kappa shape index (κ1) is 54.7. The van der Waals surface area contributed by atoms with E-state index in [0.29, 0.717) is 12.8 Å². The van der Waals surface area contributed by atoms with Crippen molar-refractivity contribution >= 4 is 19.8 Å². The molecule has 11 nitrogen and oxygen atoms in total. The van der Waals surface area contributed by atoms with Gasteiger partial charge in [-0.2, -0.15) is 0 Å². The van der Waals surface area contributed by atoms with Crippen LogP contribution in [0.25, 0.3) is 0 Å². The maximum atomic E-state index is 12.7. The Kier molecular flexibility index (Phi) is 29.7. The molecule has 2 atom stereocenters. The summed E-state index contributed by atoms with van der Waals surface area (Å²) in [7, 11) is -4.40. The zero-order valence-electron chi connectivity index (χ0n) is 39.4. The molecular formula is C49H86NO10P. The van der Waals surface area contributed by atoms with Gasteiger partial charge < -0.3 is 28.9 Å². The largest absolute Gasteiger partial charge is 0.472 e. The minimum Gasteiger partial charge on any atom is -0.466 e. The van der Waals surface area contributed by atoms with Crippen LogP contribution in [0.4, 0.5) is 0 Å². The Balaban J connectivity index is 1.58. The van der Waals surface area contributed by atoms with E-state index in [1.807, 2.05) is 0 Å². The van der Waals surface area contributed by atoms with Crippen LogP contribution in [-0.4, -0.2) is 49.3 Å². The summed E-state index contributed by atoms with van der Waals surface area (Å²) in [5, 5.41) is 0. The molecular weight excluding hydrogens is 794 g/mol. The third kappa shape index (κ3) is 24.3. The Labute approximate surface area is 370 Å². The number of phosphoric acid groups is 1. The van der Waals surface area contributed by atoms with E-state index >= 15 is 0 Å². The summed E-state index contributed by atoms with van der Waals surface area (Å²) in [4.78, 5) is 35.2. The van der Waals surface area contributed by atoms with Crippen LogP contribution >= 0.6 is 7.82 Å². The summed E-state index contributed by atoms with van der Waals surface area (Å²) in [6, 6.07) is 0. The molecule has 2 aromatic heterocycles. The minimum atomic E-state index is -4.40. The molecule has 0 fully saturated rings. The highest BCUT2D eigenvalue weighted by molar-refractivity contribution is 7.47. The van der Waals surface area contributed by atoms with Gasteiger partial charge in [-0.3, -0.25) is 18.6 Å². The van der Waals surface area contributed by atoms with E-state index in [1.54, 1.807) is 0 Å². The highest BCUT2D eigenvalue weighted by Gasteiger charge is 2.26. The van der Waals surface area contributed by atoms with Gasteiger partial charge >= 0.3 is 19.8 Å². The molecule has 2 rings (SSSR count). The lowest BCUT2D eigenvalue weighted by molar-refractivity contribution is -0.161. The molecule has 0 saturated carbocycles. The lowest BCUT2D eigenvalue weighted by Crippen LogP contribution is -2.29. The van der Waals surface area contributed by atoms with Gasteiger partial charge in [-0.05, 0) is 88.5 Å². The summed E-state index contributed by atoms with van der Waals surface area (Å²) in [6.07, 6.45) is 27.8. The van der Waals surface area contributed by atoms with E-state index in [1.165, 1.54) is 111 Å². The number of rotatable bonds is 39. The zero-order chi connectivity index (χ0) is 44.7. The van der Waals surface area contributed by atoms with Gasteiger partial charge in [0.15, 0.2) is 6.10 Å². The molecule has 1 unspecified atom stereocenters. The molecule has 0 saturated heterocycles. The average molecular weight is 880 g/mol. The molecule has 61 heavy (non-hydrogen) atoms. The van der Waals surface area contributed by atoms with Crippen LogP contribution in [0.3, 0.4) is 0 Å². The van der Waals surface area contributed by atoms with Crippen molar-refractivity contribution in [1.82, 2.24) is 0 Å². The molecule has 2 heterocycles. The number of unbranched alkanes of at least 4 members (excludes halogenated alkanes) is 18. The normalized spacial score (nSPS) is 13.1. The minimum absolute atomic E-state index is 0.0426. The van der Waals surface area contributed by atoms with Gasteiger partial charge in [0.05, 0.1) is 13.2 Å². The molecule has 0 aliphatic heterocycles. The van der Waals surface area contributed by atoms with Gasteiger partial charge in [0, 0.05) is 45.1 Å². The van der Waals surface area contributed by atoms with Crippen LogP contribution in [0.1, 0.15) is 213 Å². The predicted octanol–water partition coefficient (Wildman–Crippen LogP) is 12.9. The average Bonchev–Trinajstić information content (AvgIpc) is 3.67. The van der Waals surface area contributed by atoms with Crippen LogP contribution in [0.15, 0.2) is 8.83 Å². The second-order valence-corrected chi connectivity index (χ2v) is 18.6. The molecule has 3 N–H and O–H groups in total. The zero-order valence-corrected chi connectivity index (χ0v) is 40.2. The first-order chi connectivity index (χ1) is 29.4. The van der Waals surface area contributed by atoms with E-state index in [9.17, 15) is 19.0 Å². The van der Waals surface area contributed by atoms with Gasteiger partial charge in [0.1, 0.15) is 29.6 Å². The van der Waals surface area contributed by atoms with E-state index in [-0.39, 0.29) is 32.6 Å². The fourth-order valence-electron chi connectivity index (χ4n) is 7.70. The van der Waals surface area contributed by atoms with Crippen molar-refractivity contribution < 1.29 is 46.4 Å². The quantitative estimate of drug-likeness (QED) is 0.0373. The van der Waals surface area contributed by atoms with E-state index in [0.717, 1.165) is 88.6 Å². The summed E-state index contributed by atoms with van der Waals surface area (Å²) in [5.41, 5.74) is 10.7. The Bertz CT molecular complexity index is 1520. The predicted molar refractivity (Wildman–Crippen MR) is 245 cm³/mol. The third-order valence-electron chi connectivity index (χ3n) is 11.9. The number of furan rings is 2. The lowest BCUT2D eigenvalue weighted by atomic mass is 10.0. The Morgan fingerprint density at radius 3 is 1.30 bits per heavy atom. The maximum absolute atomic E-state index is 12.7. The molecule has 0 aromatic carbocycles. The third-order valence-corrected chi connectivity index (χ3v) is 12.9. The number of phosphoric ester groups is 1. The van der Waals surface area contributed by atoms with Crippen molar-refractivity contribution in [2.24, 2.45) is 5.73 Å². The molecule has 0 radical (unpaired) electrons. The summed E-state index contributed by atoms with van der Waals surface area (Å²) in [5.74, 6) is 3.78. The van der Waals surface area contributed by atoms with Crippen molar-refractivity contribution in [2.45, 2.75) is 227 Å². The highest BCUT2D eigenvalue weighted by Crippen LogP contribution is 2.43. The van der Waals surface area contributed by atoms with Crippen molar-refractivity contribution in [3.8, 4) is 0 Å². The molecule has 0 aliphatic rings. The van der Waals surface area contributed by atoms with Crippen LogP contribution in [0.2, 0.25) is 0 Å². The van der Waals surface area contributed by atoms with E-state index in [4.69, 9.17) is 33.1 Å². The molecule has 0 spiro atoms. The number of aryl methyl sites for hydroxylation is 4. The highest BCUT2D eigenvalue weighted by atomic mass is 31.2. The van der Waals surface area contributed by atoms with Gasteiger partial charge in [-0.15, -0.1) is 0 Å². The van der Waals surface area contributed by atoms with Crippen molar-refractivity contribution in [3.63, 3.8) is 0 Å². The van der Waals surface area contributed by atoms with Gasteiger partial charge in [0.2, 0.25) is 0 Å². The van der Waals surface area contributed by atoms with Crippen LogP contribution < -0.4 is 5.73 Å². The van der Waals surface area contributed by atoms with Gasteiger partial charge in [0.25, 0.3) is 0 Å². The topological polar surface area (TPSA) is 161 Å². The van der Waals surface area contributed by atoms with E-state index in [2.05, 4.69) is 41.5 Å². The number of ether oxygens (including phenoxy) is 2. The number of carbonyl (C=O) groups excluding carboxylic acids is 2. The number of nitrogens with two attached hydrogens (primary N) is 1. The summed E-state index contributed by atoms with van der Waals surface area (Å²) < 4.78 is 45.4. The van der Waals surface area contributed by atoms with Gasteiger partial charge in [-0.25, -0.2) is 4.57 Å². The molecule has 352 valence electrons. The number of hydrogen-bond donors (Lipinski definition) is 2. The first-order valence-electron chi connectivity index (χ1n) is 24.2. The monoisotopic (exact) mass is 880 g/mol. The Hall–Kier alpha value is -2.43. The lowest BCUT2D eigenvalue weighted by Gasteiger charge is -2.19. The van der Waals surface area contributed by atoms with Crippen LogP contribution in [0.5, 0.6) is 0 Å². The molecule has 12 heteroatoms. The summed E-state index contributed by atoms with van der Waals surface area (Å²) >= 11 is 0. The van der Waals surface area contributed by atoms with Crippen LogP contribution in [0, 0.1) is 27.7 Å². The second kappa shape index (κ2) is 33.1. The summed E-state index contributed by atoms with van der Waals surface area (Å²) in [6.45, 7) is 12.3. The standard InChI is InChI=1S/C49H86NO10P/c1-7-9-23-29-44-39(3)41(5)46(59-44)31-25-19-15-13-11-12-14-16-22-28-34-49(52)58-43(38-57-61(53,54)56-36-35-50)37-55-48(51)33-27-21-18-17-20-26-32-47-42(6)40(4)45(60-47)30-24-10-8-2/h43H,7-38,50H2,1-6H3,(H,53,54)/t43-/m1/s1. The maximum Gasteiger partial charge on any atom is 0.472 e. The first-order valence-corrected chi connectivity index (χ1v) is 25.7. The molecule has 0 aliphatic carbocycles.